The van der Waals surface area contributed by atoms with Gasteiger partial charge in [0.15, 0.2) is 5.96 Å². The Hall–Kier alpha value is -0.720. The lowest BCUT2D eigenvalue weighted by Crippen LogP contribution is -2.47. The molecule has 29 heavy (non-hydrogen) atoms. The first-order chi connectivity index (χ1) is 13.4. The van der Waals surface area contributed by atoms with Crippen LogP contribution in [0, 0.1) is 0 Å². The van der Waals surface area contributed by atoms with Gasteiger partial charge in [0.1, 0.15) is 6.61 Å². The van der Waals surface area contributed by atoms with Gasteiger partial charge in [0.05, 0.1) is 6.61 Å². The second-order valence-electron chi connectivity index (χ2n) is 6.70. The summed E-state index contributed by atoms with van der Waals surface area (Å²) in [6.07, 6.45) is -0.151. The quantitative estimate of drug-likeness (QED) is 0.293. The van der Waals surface area contributed by atoms with E-state index in [0.717, 1.165) is 44.1 Å². The van der Waals surface area contributed by atoms with Gasteiger partial charge in [0.2, 0.25) is 0 Å². The van der Waals surface area contributed by atoms with Crippen molar-refractivity contribution in [2.45, 2.75) is 36.9 Å². The number of rotatable bonds is 8. The van der Waals surface area contributed by atoms with E-state index in [1.807, 2.05) is 23.9 Å². The molecule has 1 fully saturated rings. The predicted molar refractivity (Wildman–Crippen MR) is 122 cm³/mol. The van der Waals surface area contributed by atoms with Crippen LogP contribution in [0.5, 0.6) is 0 Å². The summed E-state index contributed by atoms with van der Waals surface area (Å²) in [4.78, 5) is 4.26. The number of aliphatic imine (C=N–C) groups is 1. The molecule has 1 aliphatic heterocycles. The van der Waals surface area contributed by atoms with Crippen molar-refractivity contribution < 1.29 is 22.6 Å². The fraction of sp³-hybridized carbons (Fsp3) is 0.632. The third kappa shape index (κ3) is 9.75. The van der Waals surface area contributed by atoms with Crippen LogP contribution in [0.2, 0.25) is 0 Å². The highest BCUT2D eigenvalue weighted by Crippen LogP contribution is 2.32. The van der Waals surface area contributed by atoms with Gasteiger partial charge in [-0.3, -0.25) is 4.99 Å². The number of hydrogen-bond donors (Lipinski definition) is 2. The van der Waals surface area contributed by atoms with Crippen LogP contribution < -0.4 is 10.6 Å². The smallest absolute Gasteiger partial charge is 0.381 e. The second-order valence-corrected chi connectivity index (χ2v) is 7.98. The molecule has 0 aromatic heterocycles. The highest BCUT2D eigenvalue weighted by molar-refractivity contribution is 14.0. The van der Waals surface area contributed by atoms with Crippen LogP contribution in [0.1, 0.15) is 24.0 Å². The predicted octanol–water partition coefficient (Wildman–Crippen LogP) is 3.96. The van der Waals surface area contributed by atoms with Crippen molar-refractivity contribution in [3.05, 3.63) is 35.4 Å². The number of nitrogens with zero attached hydrogens (tertiary/aromatic N) is 1. The first-order valence-corrected chi connectivity index (χ1v) is 10.4. The largest absolute Gasteiger partial charge is 0.411 e. The molecular weight excluding hydrogens is 518 g/mol. The molecule has 5 nitrogen and oxygen atoms in total. The molecule has 0 amide bonds. The van der Waals surface area contributed by atoms with Gasteiger partial charge in [-0.05, 0) is 30.2 Å². The van der Waals surface area contributed by atoms with Crippen molar-refractivity contribution in [1.29, 1.82) is 0 Å². The lowest BCUT2D eigenvalue weighted by molar-refractivity contribution is -0.176. The number of benzene rings is 1. The van der Waals surface area contributed by atoms with Crippen molar-refractivity contribution in [2.75, 3.05) is 39.7 Å². The number of alkyl halides is 3. The molecular formula is C19H29F3IN3O2S. The lowest BCUT2D eigenvalue weighted by Gasteiger charge is -2.36. The highest BCUT2D eigenvalue weighted by Gasteiger charge is 2.31. The Bertz CT molecular complexity index is 624. The van der Waals surface area contributed by atoms with Crippen LogP contribution >= 0.6 is 35.7 Å². The van der Waals surface area contributed by atoms with E-state index >= 15 is 0 Å². The highest BCUT2D eigenvalue weighted by atomic mass is 127. The molecule has 0 radical (unpaired) electrons. The van der Waals surface area contributed by atoms with Gasteiger partial charge in [0, 0.05) is 38.1 Å². The summed E-state index contributed by atoms with van der Waals surface area (Å²) in [5.74, 6) is 0.720. The molecule has 2 N–H and O–H groups in total. The minimum atomic E-state index is -4.30. The van der Waals surface area contributed by atoms with Crippen molar-refractivity contribution in [3.63, 3.8) is 0 Å². The summed E-state index contributed by atoms with van der Waals surface area (Å²) >= 11 is 1.86. The maximum Gasteiger partial charge on any atom is 0.411 e. The van der Waals surface area contributed by atoms with Gasteiger partial charge in [-0.15, -0.1) is 24.0 Å². The number of thioether (sulfide) groups is 1. The van der Waals surface area contributed by atoms with Crippen LogP contribution in [-0.2, 0) is 22.6 Å². The number of halogens is 4. The summed E-state index contributed by atoms with van der Waals surface area (Å²) < 4.78 is 46.6. The molecule has 166 valence electrons. The summed E-state index contributed by atoms with van der Waals surface area (Å²) in [5.41, 5.74) is 1.71. The molecule has 1 aromatic rings. The standard InChI is InChI=1S/C19H28F3N3O2S.HI/c1-23-17(25-13-18(28-2)7-9-26-10-8-18)24-11-15-3-5-16(6-4-15)12-27-14-19(20,21)22;/h3-6H,7-14H2,1-2H3,(H2,23,24,25);1H. The van der Waals surface area contributed by atoms with E-state index < -0.39 is 12.8 Å². The molecule has 1 aromatic carbocycles. The monoisotopic (exact) mass is 547 g/mol. The zero-order valence-electron chi connectivity index (χ0n) is 16.7. The number of hydrogen-bond acceptors (Lipinski definition) is 4. The second kappa shape index (κ2) is 12.9. The summed E-state index contributed by atoms with van der Waals surface area (Å²) in [7, 11) is 1.73. The summed E-state index contributed by atoms with van der Waals surface area (Å²) in [6.45, 7) is 1.66. The SMILES string of the molecule is CN=C(NCc1ccc(COCC(F)(F)F)cc1)NCC1(SC)CCOCC1.I. The lowest BCUT2D eigenvalue weighted by atomic mass is 9.99. The molecule has 2 rings (SSSR count). The van der Waals surface area contributed by atoms with E-state index in [0.29, 0.717) is 12.1 Å². The minimum Gasteiger partial charge on any atom is -0.381 e. The van der Waals surface area contributed by atoms with Gasteiger partial charge in [-0.25, -0.2) is 0 Å². The molecule has 0 unspecified atom stereocenters. The van der Waals surface area contributed by atoms with Crippen molar-refractivity contribution in [3.8, 4) is 0 Å². The zero-order chi connectivity index (χ0) is 20.5. The molecule has 0 saturated carbocycles. The first kappa shape index (κ1) is 26.3. The van der Waals surface area contributed by atoms with Gasteiger partial charge >= 0.3 is 6.18 Å². The Morgan fingerprint density at radius 1 is 1.17 bits per heavy atom. The van der Waals surface area contributed by atoms with Gasteiger partial charge in [0.25, 0.3) is 0 Å². The van der Waals surface area contributed by atoms with Gasteiger partial charge < -0.3 is 20.1 Å². The minimum absolute atomic E-state index is 0. The zero-order valence-corrected chi connectivity index (χ0v) is 19.8. The average Bonchev–Trinajstić information content (AvgIpc) is 2.69. The van der Waals surface area contributed by atoms with E-state index in [1.165, 1.54) is 0 Å². The molecule has 10 heteroatoms. The van der Waals surface area contributed by atoms with Crippen molar-refractivity contribution in [2.24, 2.45) is 4.99 Å². The maximum absolute atomic E-state index is 12.1. The maximum atomic E-state index is 12.1. The van der Waals surface area contributed by atoms with Crippen LogP contribution in [0.3, 0.4) is 0 Å². The Morgan fingerprint density at radius 2 is 1.79 bits per heavy atom. The number of nitrogens with one attached hydrogen (secondary N) is 2. The Morgan fingerprint density at radius 3 is 2.34 bits per heavy atom. The molecule has 0 atom stereocenters. The summed E-state index contributed by atoms with van der Waals surface area (Å²) in [5, 5.41) is 6.66. The van der Waals surface area contributed by atoms with Crippen LogP contribution in [0.15, 0.2) is 29.3 Å². The number of guanidine groups is 1. The number of ether oxygens (including phenoxy) is 2. The Balaban J connectivity index is 0.00000420. The molecule has 1 heterocycles. The van der Waals surface area contributed by atoms with Crippen molar-refractivity contribution in [1.82, 2.24) is 10.6 Å². The topological polar surface area (TPSA) is 54.9 Å². The molecule has 0 bridgehead atoms. The van der Waals surface area contributed by atoms with Gasteiger partial charge in [-0.1, -0.05) is 24.3 Å². The molecule has 0 aliphatic carbocycles. The van der Waals surface area contributed by atoms with E-state index in [2.05, 4.69) is 26.6 Å². The van der Waals surface area contributed by atoms with E-state index in [4.69, 9.17) is 4.74 Å². The average molecular weight is 547 g/mol. The Labute approximate surface area is 191 Å². The van der Waals surface area contributed by atoms with Crippen LogP contribution in [0.25, 0.3) is 0 Å². The third-order valence-electron chi connectivity index (χ3n) is 4.66. The molecule has 0 spiro atoms. The van der Waals surface area contributed by atoms with E-state index in [-0.39, 0.29) is 35.3 Å². The third-order valence-corrected chi connectivity index (χ3v) is 6.07. The van der Waals surface area contributed by atoms with Gasteiger partial charge in [-0.2, -0.15) is 24.9 Å². The van der Waals surface area contributed by atoms with E-state index in [9.17, 15) is 13.2 Å². The normalized spacial score (nSPS) is 16.8. The molecule has 1 saturated heterocycles. The van der Waals surface area contributed by atoms with Crippen molar-refractivity contribution >= 4 is 41.7 Å². The Kier molecular flexibility index (Phi) is 11.7. The van der Waals surface area contributed by atoms with Crippen LogP contribution in [0.4, 0.5) is 13.2 Å². The summed E-state index contributed by atoms with van der Waals surface area (Å²) in [6, 6.07) is 7.28. The van der Waals surface area contributed by atoms with Crippen LogP contribution in [-0.4, -0.2) is 56.6 Å². The first-order valence-electron chi connectivity index (χ1n) is 9.15. The fourth-order valence-electron chi connectivity index (χ4n) is 2.89. The molecule has 1 aliphatic rings. The fourth-order valence-corrected chi connectivity index (χ4v) is 3.68. The van der Waals surface area contributed by atoms with E-state index in [1.54, 1.807) is 19.2 Å².